The largest absolute Gasteiger partial charge is 0.615 e. The van der Waals surface area contributed by atoms with Gasteiger partial charge in [0.05, 0.1) is 0 Å². The smallest absolute Gasteiger partial charge is 0.165 e. The van der Waals surface area contributed by atoms with Gasteiger partial charge in [-0.25, -0.2) is 0 Å². The molecule has 0 aliphatic carbocycles. The zero-order chi connectivity index (χ0) is 11.8. The van der Waals surface area contributed by atoms with Crippen LogP contribution in [0.4, 0.5) is 0 Å². The highest BCUT2D eigenvalue weighted by Crippen LogP contribution is 2.31. The number of hydrogen-bond acceptors (Lipinski definition) is 3. The Labute approximate surface area is 104 Å². The molecule has 0 fully saturated rings. The molecule has 0 aromatic carbocycles. The fourth-order valence-corrected chi connectivity index (χ4v) is 6.26. The lowest BCUT2D eigenvalue weighted by Gasteiger charge is -2.24. The van der Waals surface area contributed by atoms with E-state index in [0.29, 0.717) is 11.5 Å². The molecule has 0 aromatic rings. The van der Waals surface area contributed by atoms with Gasteiger partial charge in [-0.1, -0.05) is 13.8 Å². The fraction of sp³-hybridized carbons (Fsp3) is 1.00. The third kappa shape index (κ3) is 5.73. The van der Waals surface area contributed by atoms with Gasteiger partial charge in [0.2, 0.25) is 0 Å². The SMILES string of the molecule is CCC(SC(CC)[S+]([O-])CC)[S+]([O-])CC. The molecule has 0 saturated heterocycles. The van der Waals surface area contributed by atoms with Crippen molar-refractivity contribution in [2.75, 3.05) is 11.5 Å². The summed E-state index contributed by atoms with van der Waals surface area (Å²) in [6, 6.07) is 0. The van der Waals surface area contributed by atoms with E-state index >= 15 is 0 Å². The number of rotatable bonds is 8. The van der Waals surface area contributed by atoms with Crippen LogP contribution in [0.15, 0.2) is 0 Å². The van der Waals surface area contributed by atoms with Gasteiger partial charge in [0.25, 0.3) is 0 Å². The normalized spacial score (nSPS) is 19.6. The zero-order valence-corrected chi connectivity index (χ0v) is 12.5. The van der Waals surface area contributed by atoms with Gasteiger partial charge in [-0.3, -0.25) is 0 Å². The predicted molar refractivity (Wildman–Crippen MR) is 73.1 cm³/mol. The first-order valence-electron chi connectivity index (χ1n) is 5.50. The first-order valence-corrected chi connectivity index (χ1v) is 9.21. The van der Waals surface area contributed by atoms with Crippen molar-refractivity contribution < 1.29 is 9.11 Å². The van der Waals surface area contributed by atoms with Crippen LogP contribution in [0, 0.1) is 0 Å². The molecule has 0 spiro atoms. The maximum absolute atomic E-state index is 11.7. The second-order valence-electron chi connectivity index (χ2n) is 3.15. The second-order valence-corrected chi connectivity index (χ2v) is 8.97. The summed E-state index contributed by atoms with van der Waals surface area (Å²) in [5.74, 6) is 1.39. The average molecular weight is 270 g/mol. The Morgan fingerprint density at radius 3 is 1.40 bits per heavy atom. The standard InChI is InChI=1S/C10H22O2S3/c1-5-9(14(11)7-3)13-10(6-2)15(12)8-4/h9-10H,5-8H2,1-4H3. The molecule has 0 radical (unpaired) electrons. The second kappa shape index (κ2) is 9.05. The van der Waals surface area contributed by atoms with Gasteiger partial charge >= 0.3 is 0 Å². The summed E-state index contributed by atoms with van der Waals surface area (Å²) in [7, 11) is 0. The van der Waals surface area contributed by atoms with Crippen molar-refractivity contribution >= 4 is 34.1 Å². The van der Waals surface area contributed by atoms with Gasteiger partial charge in [0.15, 0.2) is 9.16 Å². The van der Waals surface area contributed by atoms with Crippen LogP contribution >= 0.6 is 11.8 Å². The average Bonchev–Trinajstić information content (AvgIpc) is 2.28. The minimum atomic E-state index is -0.777. The third-order valence-corrected chi connectivity index (χ3v) is 8.33. The molecule has 4 unspecified atom stereocenters. The van der Waals surface area contributed by atoms with E-state index in [1.54, 1.807) is 11.8 Å². The Morgan fingerprint density at radius 2 is 1.20 bits per heavy atom. The first-order chi connectivity index (χ1) is 7.10. The lowest BCUT2D eigenvalue weighted by atomic mass is 10.6. The molecular formula is C10H22O2S3. The Kier molecular flexibility index (Phi) is 9.63. The topological polar surface area (TPSA) is 46.1 Å². The molecule has 0 saturated carbocycles. The third-order valence-electron chi connectivity index (χ3n) is 2.13. The van der Waals surface area contributed by atoms with Crippen LogP contribution in [-0.2, 0) is 22.4 Å². The van der Waals surface area contributed by atoms with Gasteiger partial charge in [0, 0.05) is 12.8 Å². The van der Waals surface area contributed by atoms with Crippen LogP contribution in [-0.4, -0.2) is 29.8 Å². The van der Waals surface area contributed by atoms with Crippen molar-refractivity contribution in [3.63, 3.8) is 0 Å². The Morgan fingerprint density at radius 1 is 0.867 bits per heavy atom. The molecule has 0 aromatic heterocycles. The summed E-state index contributed by atoms with van der Waals surface area (Å²) in [5.41, 5.74) is 0. The summed E-state index contributed by atoms with van der Waals surface area (Å²) in [6.45, 7) is 7.98. The van der Waals surface area contributed by atoms with Gasteiger partial charge in [-0.15, -0.1) is 0 Å². The molecular weight excluding hydrogens is 248 g/mol. The molecule has 0 rings (SSSR count). The summed E-state index contributed by atoms with van der Waals surface area (Å²) in [6.07, 6.45) is 1.78. The van der Waals surface area contributed by atoms with E-state index in [0.717, 1.165) is 12.8 Å². The van der Waals surface area contributed by atoms with Crippen molar-refractivity contribution in [2.24, 2.45) is 0 Å². The summed E-state index contributed by atoms with van der Waals surface area (Å²) >= 11 is 0.101. The Hall–Kier alpha value is 0.970. The zero-order valence-electron chi connectivity index (χ0n) is 10.0. The highest BCUT2D eigenvalue weighted by Gasteiger charge is 2.29. The maximum atomic E-state index is 11.7. The van der Waals surface area contributed by atoms with E-state index < -0.39 is 22.4 Å². The molecule has 0 N–H and O–H groups in total. The molecule has 2 nitrogen and oxygen atoms in total. The van der Waals surface area contributed by atoms with Gasteiger partial charge in [-0.2, -0.15) is 0 Å². The van der Waals surface area contributed by atoms with E-state index in [2.05, 4.69) is 0 Å². The quantitative estimate of drug-likeness (QED) is 0.637. The summed E-state index contributed by atoms with van der Waals surface area (Å²) in [5, 5.41) is 0. The highest BCUT2D eigenvalue weighted by atomic mass is 32.3. The number of thioether (sulfide) groups is 1. The van der Waals surface area contributed by atoms with Gasteiger partial charge in [-0.05, 0) is 48.0 Å². The lowest BCUT2D eigenvalue weighted by molar-refractivity contribution is 0.590. The minimum absolute atomic E-state index is 0.149. The lowest BCUT2D eigenvalue weighted by Crippen LogP contribution is -2.27. The molecule has 0 aliphatic rings. The van der Waals surface area contributed by atoms with Crippen LogP contribution in [0.3, 0.4) is 0 Å². The van der Waals surface area contributed by atoms with Crippen LogP contribution in [0.2, 0.25) is 0 Å². The molecule has 4 atom stereocenters. The van der Waals surface area contributed by atoms with Crippen molar-refractivity contribution in [3.8, 4) is 0 Å². The van der Waals surface area contributed by atoms with Crippen molar-refractivity contribution in [3.05, 3.63) is 0 Å². The molecule has 0 bridgehead atoms. The van der Waals surface area contributed by atoms with Gasteiger partial charge < -0.3 is 9.11 Å². The Balaban J connectivity index is 4.23. The highest BCUT2D eigenvalue weighted by molar-refractivity contribution is 8.20. The van der Waals surface area contributed by atoms with Crippen LogP contribution < -0.4 is 0 Å². The fourth-order valence-electron chi connectivity index (χ4n) is 1.23. The monoisotopic (exact) mass is 270 g/mol. The van der Waals surface area contributed by atoms with Crippen molar-refractivity contribution in [1.82, 2.24) is 0 Å². The van der Waals surface area contributed by atoms with Crippen LogP contribution in [0.5, 0.6) is 0 Å². The molecule has 0 aliphatic heterocycles. The molecule has 5 heteroatoms. The van der Waals surface area contributed by atoms with E-state index in [4.69, 9.17) is 0 Å². The van der Waals surface area contributed by atoms with Crippen LogP contribution in [0.25, 0.3) is 0 Å². The van der Waals surface area contributed by atoms with E-state index in [1.165, 1.54) is 0 Å². The number of hydrogen-bond donors (Lipinski definition) is 0. The molecule has 0 heterocycles. The van der Waals surface area contributed by atoms with Crippen molar-refractivity contribution in [1.29, 1.82) is 0 Å². The minimum Gasteiger partial charge on any atom is -0.615 e. The molecule has 15 heavy (non-hydrogen) atoms. The predicted octanol–water partition coefficient (Wildman–Crippen LogP) is 2.73. The summed E-state index contributed by atoms with van der Waals surface area (Å²) < 4.78 is 23.7. The van der Waals surface area contributed by atoms with Gasteiger partial charge in [0.1, 0.15) is 11.5 Å². The van der Waals surface area contributed by atoms with E-state index in [1.807, 2.05) is 27.7 Å². The summed E-state index contributed by atoms with van der Waals surface area (Å²) in [4.78, 5) is 0. The maximum Gasteiger partial charge on any atom is 0.165 e. The molecule has 0 amide bonds. The van der Waals surface area contributed by atoms with E-state index in [-0.39, 0.29) is 9.16 Å². The first kappa shape index (κ1) is 16.0. The van der Waals surface area contributed by atoms with E-state index in [9.17, 15) is 9.11 Å². The van der Waals surface area contributed by atoms with Crippen LogP contribution in [0.1, 0.15) is 40.5 Å². The Bertz CT molecular complexity index is 142. The van der Waals surface area contributed by atoms with Crippen molar-refractivity contribution in [2.45, 2.75) is 49.7 Å². The molecule has 92 valence electrons.